The number of phenolic OH excluding ortho intramolecular Hbond substituents is 2. The number of amides is 7. The quantitative estimate of drug-likeness (QED) is 0.0343. The summed E-state index contributed by atoms with van der Waals surface area (Å²) in [6.45, 7) is 3.24. The van der Waals surface area contributed by atoms with E-state index < -0.39 is 108 Å². The first-order valence-corrected chi connectivity index (χ1v) is 29.2. The number of nitrogens with zero attached hydrogens (tertiary/aromatic N) is 1. The normalized spacial score (nSPS) is 21.0. The standard InChI is InChI=1S/C57H72ClN9O12S2/c1-32(68)38-16-8-36(9-17-38)28-46-55(77)61-44(7-5-6-24-67(3)4)54(76)66-50(33(2)69)57(79)65-48(56(78)62-45(51(60)73)27-37-14-22-42(71)23-15-37)31-81-80-30-47(64-53(75)43(59)26-35-10-18-40(58)19-11-35)49(72)29-39(52(74)63-46)25-34-12-20-41(70)21-13-34/h8-23,33,39,43-48,50,69-71H,5-7,24-31,59H2,1-4H3,(H2,60,73)(H,61,77)(H,62,78)(H,63,74)(H,64,75)(H,65,79)(H,66,76)/t33-,39-,43+,44+,45-,46-,47-,48+,50+/m1/s1. The van der Waals surface area contributed by atoms with Crippen LogP contribution in [0.15, 0.2) is 97.1 Å². The Balaban J connectivity index is 1.58. The van der Waals surface area contributed by atoms with Crippen molar-refractivity contribution in [1.82, 2.24) is 36.8 Å². The van der Waals surface area contributed by atoms with Gasteiger partial charge < -0.3 is 63.6 Å². The summed E-state index contributed by atoms with van der Waals surface area (Å²) in [6, 6.07) is 14.9. The van der Waals surface area contributed by atoms with Crippen molar-refractivity contribution in [1.29, 1.82) is 0 Å². The first-order chi connectivity index (χ1) is 38.4. The van der Waals surface area contributed by atoms with Crippen LogP contribution in [0.5, 0.6) is 11.5 Å². The van der Waals surface area contributed by atoms with Gasteiger partial charge in [-0.05, 0) is 125 Å². The molecule has 13 N–H and O–H groups in total. The number of nitrogens with two attached hydrogens (primary N) is 2. The maximum Gasteiger partial charge on any atom is 0.245 e. The smallest absolute Gasteiger partial charge is 0.245 e. The molecule has 7 amide bonds. The van der Waals surface area contributed by atoms with Gasteiger partial charge in [-0.15, -0.1) is 0 Å². The molecule has 0 spiro atoms. The number of halogens is 1. The zero-order valence-electron chi connectivity index (χ0n) is 45.5. The highest BCUT2D eigenvalue weighted by Gasteiger charge is 2.37. The number of benzene rings is 4. The number of ketones is 2. The highest BCUT2D eigenvalue weighted by molar-refractivity contribution is 8.76. The van der Waals surface area contributed by atoms with Crippen molar-refractivity contribution in [2.24, 2.45) is 17.4 Å². The predicted octanol–water partition coefficient (Wildman–Crippen LogP) is 2.03. The van der Waals surface area contributed by atoms with Gasteiger partial charge >= 0.3 is 0 Å². The minimum Gasteiger partial charge on any atom is -0.508 e. The molecule has 5 rings (SSSR count). The molecule has 1 aliphatic heterocycles. The van der Waals surface area contributed by atoms with Gasteiger partial charge in [-0.1, -0.05) is 93.9 Å². The number of carbonyl (C=O) groups is 9. The van der Waals surface area contributed by atoms with E-state index in [2.05, 4.69) is 31.9 Å². The maximum absolute atomic E-state index is 14.9. The topological polar surface area (TPSA) is 342 Å². The highest BCUT2D eigenvalue weighted by Crippen LogP contribution is 2.26. The molecule has 1 saturated heterocycles. The van der Waals surface area contributed by atoms with Gasteiger partial charge in [-0.3, -0.25) is 43.2 Å². The van der Waals surface area contributed by atoms with Gasteiger partial charge in [0.1, 0.15) is 41.7 Å². The first-order valence-electron chi connectivity index (χ1n) is 26.3. The van der Waals surface area contributed by atoms with Crippen molar-refractivity contribution >= 4 is 86.1 Å². The number of carbonyl (C=O) groups excluding carboxylic acids is 9. The number of rotatable bonds is 20. The molecule has 0 aromatic heterocycles. The molecule has 0 aliphatic carbocycles. The molecule has 1 aliphatic rings. The Kier molecular flexibility index (Phi) is 25.5. The fourth-order valence-electron chi connectivity index (χ4n) is 8.65. The second-order valence-corrected chi connectivity index (χ2v) is 23.3. The Bertz CT molecular complexity index is 2810. The van der Waals surface area contributed by atoms with E-state index in [0.717, 1.165) is 21.6 Å². The number of Topliss-reactive ketones (excluding diaryl/α,β-unsaturated/α-hetero) is 2. The number of unbranched alkanes of at least 4 members (excludes halogenated alkanes) is 1. The Hall–Kier alpha value is -7.02. The molecule has 1 heterocycles. The molecule has 0 bridgehead atoms. The molecule has 81 heavy (non-hydrogen) atoms. The van der Waals surface area contributed by atoms with Gasteiger partial charge in [0.15, 0.2) is 11.6 Å². The molecular formula is C57H72ClN9O12S2. The monoisotopic (exact) mass is 1170 g/mol. The van der Waals surface area contributed by atoms with Gasteiger partial charge in [-0.2, -0.15) is 0 Å². The van der Waals surface area contributed by atoms with Crippen LogP contribution in [0.4, 0.5) is 0 Å². The van der Waals surface area contributed by atoms with E-state index in [1.165, 1.54) is 50.2 Å². The number of primary amides is 1. The van der Waals surface area contributed by atoms with Crippen LogP contribution in [0, 0.1) is 5.92 Å². The summed E-state index contributed by atoms with van der Waals surface area (Å²) in [5.41, 5.74) is 14.8. The molecular weight excluding hydrogens is 1100 g/mol. The summed E-state index contributed by atoms with van der Waals surface area (Å²) >= 11 is 6.09. The van der Waals surface area contributed by atoms with Crippen molar-refractivity contribution in [2.45, 2.75) is 114 Å². The minimum absolute atomic E-state index is 0.0242. The lowest BCUT2D eigenvalue weighted by atomic mass is 9.90. The number of nitrogens with one attached hydrogen (secondary N) is 6. The van der Waals surface area contributed by atoms with E-state index in [4.69, 9.17) is 23.1 Å². The van der Waals surface area contributed by atoms with Crippen LogP contribution in [0.25, 0.3) is 0 Å². The van der Waals surface area contributed by atoms with Gasteiger partial charge in [-0.25, -0.2) is 0 Å². The van der Waals surface area contributed by atoms with Crippen molar-refractivity contribution in [3.8, 4) is 11.5 Å². The van der Waals surface area contributed by atoms with E-state index in [1.807, 2.05) is 19.0 Å². The van der Waals surface area contributed by atoms with E-state index in [1.54, 1.807) is 60.7 Å². The van der Waals surface area contributed by atoms with Crippen molar-refractivity contribution in [3.05, 3.63) is 130 Å². The van der Waals surface area contributed by atoms with Gasteiger partial charge in [0, 0.05) is 47.3 Å². The molecule has 0 radical (unpaired) electrons. The molecule has 24 heteroatoms. The molecule has 4 aromatic rings. The molecule has 0 unspecified atom stereocenters. The Morgan fingerprint density at radius 2 is 1.25 bits per heavy atom. The first kappa shape index (κ1) is 64.8. The van der Waals surface area contributed by atoms with E-state index >= 15 is 0 Å². The van der Waals surface area contributed by atoms with Crippen LogP contribution < -0.4 is 43.4 Å². The minimum atomic E-state index is -1.73. The van der Waals surface area contributed by atoms with Crippen molar-refractivity contribution in [3.63, 3.8) is 0 Å². The zero-order chi connectivity index (χ0) is 59.3. The summed E-state index contributed by atoms with van der Waals surface area (Å²) in [5.74, 6) is -8.67. The van der Waals surface area contributed by atoms with E-state index in [-0.39, 0.29) is 60.9 Å². The number of hydrogen-bond acceptors (Lipinski definition) is 16. The fourth-order valence-corrected chi connectivity index (χ4v) is 11.1. The number of hydrogen-bond donors (Lipinski definition) is 11. The number of aliphatic hydroxyl groups excluding tert-OH is 1. The molecule has 1 fully saturated rings. The lowest BCUT2D eigenvalue weighted by Gasteiger charge is -2.29. The van der Waals surface area contributed by atoms with Crippen molar-refractivity contribution < 1.29 is 58.5 Å². The summed E-state index contributed by atoms with van der Waals surface area (Å²) in [6.07, 6.45) is -1.44. The van der Waals surface area contributed by atoms with E-state index in [9.17, 15) is 58.5 Å². The van der Waals surface area contributed by atoms with Gasteiger partial charge in [0.2, 0.25) is 41.4 Å². The van der Waals surface area contributed by atoms with Crippen molar-refractivity contribution in [2.75, 3.05) is 32.1 Å². The lowest BCUT2D eigenvalue weighted by molar-refractivity contribution is -0.137. The van der Waals surface area contributed by atoms with Crippen LogP contribution >= 0.6 is 33.2 Å². The third-order valence-corrected chi connectivity index (χ3v) is 16.0. The molecule has 0 saturated carbocycles. The predicted molar refractivity (Wildman–Crippen MR) is 310 cm³/mol. The summed E-state index contributed by atoms with van der Waals surface area (Å²) in [5, 5.41) is 47.6. The highest BCUT2D eigenvalue weighted by atomic mass is 35.5. The van der Waals surface area contributed by atoms with E-state index in [0.29, 0.717) is 52.2 Å². The van der Waals surface area contributed by atoms with Crippen LogP contribution in [0.3, 0.4) is 0 Å². The van der Waals surface area contributed by atoms with Crippen LogP contribution in [0.2, 0.25) is 5.02 Å². The lowest BCUT2D eigenvalue weighted by Crippen LogP contribution is -2.62. The van der Waals surface area contributed by atoms with Gasteiger partial charge in [0.25, 0.3) is 0 Å². The Labute approximate surface area is 483 Å². The molecule has 436 valence electrons. The molecule has 9 atom stereocenters. The zero-order valence-corrected chi connectivity index (χ0v) is 47.9. The second kappa shape index (κ2) is 31.8. The van der Waals surface area contributed by atoms with Crippen LogP contribution in [-0.2, 0) is 64.0 Å². The third kappa shape index (κ3) is 21.4. The fraction of sp³-hybridized carbons (Fsp3) is 0.421. The Morgan fingerprint density at radius 1 is 0.704 bits per heavy atom. The van der Waals surface area contributed by atoms with Crippen LogP contribution in [0.1, 0.15) is 72.1 Å². The maximum atomic E-state index is 14.9. The summed E-state index contributed by atoms with van der Waals surface area (Å²) in [4.78, 5) is 128. The van der Waals surface area contributed by atoms with Gasteiger partial charge in [0.05, 0.1) is 18.2 Å². The Morgan fingerprint density at radius 3 is 1.84 bits per heavy atom. The summed E-state index contributed by atoms with van der Waals surface area (Å²) < 4.78 is 0. The SMILES string of the molecule is CC(=O)c1ccc(C[C@H]2NC(=O)[C@H](Cc3ccc(O)cc3)CC(=O)[C@H](NC(=O)[C@@H](N)Cc3ccc(Cl)cc3)CSSC[C@@H](C(=O)N[C@H](Cc3ccc(O)cc3)C(N)=O)NC(=O)[C@H]([C@@H](C)O)NC(=O)[C@H](CCCCN(C)C)NC2=O)cc1. The second-order valence-electron chi connectivity index (χ2n) is 20.3. The molecule has 4 aromatic carbocycles. The third-order valence-electron chi connectivity index (χ3n) is 13.3. The summed E-state index contributed by atoms with van der Waals surface area (Å²) in [7, 11) is 5.73. The van der Waals surface area contributed by atoms with Crippen LogP contribution in [-0.4, -0.2) is 154 Å². The number of aliphatic hydroxyl groups is 1. The number of aromatic hydroxyl groups is 2. The molecule has 21 nitrogen and oxygen atoms in total. The number of phenols is 2. The average molecular weight is 1170 g/mol. The average Bonchev–Trinajstić information content (AvgIpc) is 3.42. The largest absolute Gasteiger partial charge is 0.508 e.